The molecule has 0 unspecified atom stereocenters. The summed E-state index contributed by atoms with van der Waals surface area (Å²) in [6.07, 6.45) is 0. The summed E-state index contributed by atoms with van der Waals surface area (Å²) in [4.78, 5) is 0. The molecule has 0 heterocycles. The summed E-state index contributed by atoms with van der Waals surface area (Å²) in [7, 11) is 1.43. The Labute approximate surface area is 105 Å². The Morgan fingerprint density at radius 2 is 2.00 bits per heavy atom. The van der Waals surface area contributed by atoms with Crippen molar-refractivity contribution < 1.29 is 9.13 Å². The molecule has 2 aromatic rings. The van der Waals surface area contributed by atoms with E-state index in [1.54, 1.807) is 12.1 Å². The van der Waals surface area contributed by atoms with Crippen LogP contribution in [0.5, 0.6) is 5.75 Å². The molecule has 0 bridgehead atoms. The van der Waals surface area contributed by atoms with E-state index < -0.39 is 0 Å². The minimum atomic E-state index is -0.389. The van der Waals surface area contributed by atoms with Gasteiger partial charge in [0.15, 0.2) is 11.6 Å². The van der Waals surface area contributed by atoms with Crippen LogP contribution in [0.2, 0.25) is 0 Å². The van der Waals surface area contributed by atoms with Gasteiger partial charge in [-0.3, -0.25) is 0 Å². The lowest BCUT2D eigenvalue weighted by Crippen LogP contribution is -1.99. The number of halogens is 1. The van der Waals surface area contributed by atoms with Gasteiger partial charge in [0.25, 0.3) is 0 Å². The zero-order chi connectivity index (χ0) is 13.1. The molecule has 0 fully saturated rings. The van der Waals surface area contributed by atoms with Crippen LogP contribution in [-0.2, 0) is 0 Å². The number of rotatable bonds is 3. The van der Waals surface area contributed by atoms with Gasteiger partial charge < -0.3 is 15.8 Å². The number of aryl methyl sites for hydroxylation is 1. The molecule has 18 heavy (non-hydrogen) atoms. The Morgan fingerprint density at radius 3 is 2.72 bits per heavy atom. The second kappa shape index (κ2) is 4.96. The van der Waals surface area contributed by atoms with E-state index in [4.69, 9.17) is 10.5 Å². The summed E-state index contributed by atoms with van der Waals surface area (Å²) < 4.78 is 18.2. The third-order valence-corrected chi connectivity index (χ3v) is 2.75. The second-order valence-electron chi connectivity index (χ2n) is 4.01. The summed E-state index contributed by atoms with van der Waals surface area (Å²) in [5.74, 6) is -0.188. The van der Waals surface area contributed by atoms with Crippen LogP contribution in [0.1, 0.15) is 5.56 Å². The topological polar surface area (TPSA) is 47.3 Å². The molecule has 0 saturated heterocycles. The number of benzene rings is 2. The molecule has 0 saturated carbocycles. The summed E-state index contributed by atoms with van der Waals surface area (Å²) >= 11 is 0. The van der Waals surface area contributed by atoms with Gasteiger partial charge in [-0.2, -0.15) is 0 Å². The molecule has 3 N–H and O–H groups in total. The first-order valence-corrected chi connectivity index (χ1v) is 5.57. The maximum atomic E-state index is 13.3. The van der Waals surface area contributed by atoms with Gasteiger partial charge in [-0.15, -0.1) is 0 Å². The fraction of sp³-hybridized carbons (Fsp3) is 0.143. The number of hydrogen-bond donors (Lipinski definition) is 2. The van der Waals surface area contributed by atoms with Crippen molar-refractivity contribution in [1.29, 1.82) is 0 Å². The van der Waals surface area contributed by atoms with Gasteiger partial charge in [-0.25, -0.2) is 4.39 Å². The van der Waals surface area contributed by atoms with Crippen molar-refractivity contribution in [1.82, 2.24) is 0 Å². The normalized spacial score (nSPS) is 10.2. The smallest absolute Gasteiger partial charge is 0.165 e. The lowest BCUT2D eigenvalue weighted by molar-refractivity contribution is 0.387. The zero-order valence-corrected chi connectivity index (χ0v) is 10.3. The van der Waals surface area contributed by atoms with Crippen molar-refractivity contribution in [3.8, 4) is 5.75 Å². The standard InChI is InChI=1S/C14H15FN2O/c1-9-4-3-5-12(14(9)16)17-10-6-7-11(15)13(8-10)18-2/h3-8,17H,16H2,1-2H3. The fourth-order valence-corrected chi connectivity index (χ4v) is 1.68. The first-order valence-electron chi connectivity index (χ1n) is 5.57. The average molecular weight is 246 g/mol. The molecule has 0 amide bonds. The molecule has 0 aromatic heterocycles. The van der Waals surface area contributed by atoms with E-state index in [1.807, 2.05) is 25.1 Å². The summed E-state index contributed by atoms with van der Waals surface area (Å²) in [6.45, 7) is 1.94. The van der Waals surface area contributed by atoms with E-state index in [9.17, 15) is 4.39 Å². The Kier molecular flexibility index (Phi) is 3.37. The zero-order valence-electron chi connectivity index (χ0n) is 10.3. The predicted molar refractivity (Wildman–Crippen MR) is 71.8 cm³/mol. The summed E-state index contributed by atoms with van der Waals surface area (Å²) in [6, 6.07) is 10.3. The maximum Gasteiger partial charge on any atom is 0.165 e. The number of para-hydroxylation sites is 1. The predicted octanol–water partition coefficient (Wildman–Crippen LogP) is 3.47. The van der Waals surface area contributed by atoms with E-state index in [-0.39, 0.29) is 11.6 Å². The van der Waals surface area contributed by atoms with Gasteiger partial charge in [-0.1, -0.05) is 12.1 Å². The molecule has 0 aliphatic rings. The van der Waals surface area contributed by atoms with Crippen molar-refractivity contribution in [2.45, 2.75) is 6.92 Å². The van der Waals surface area contributed by atoms with Crippen LogP contribution in [0.4, 0.5) is 21.5 Å². The Balaban J connectivity index is 2.31. The highest BCUT2D eigenvalue weighted by Gasteiger charge is 2.06. The minimum Gasteiger partial charge on any atom is -0.494 e. The number of nitrogen functional groups attached to an aromatic ring is 1. The highest BCUT2D eigenvalue weighted by Crippen LogP contribution is 2.28. The van der Waals surface area contributed by atoms with Crippen LogP contribution in [0.15, 0.2) is 36.4 Å². The Hall–Kier alpha value is -2.23. The molecule has 2 aromatic carbocycles. The second-order valence-corrected chi connectivity index (χ2v) is 4.01. The Bertz CT molecular complexity index is 570. The van der Waals surface area contributed by atoms with Crippen molar-refractivity contribution in [3.05, 3.63) is 47.8 Å². The van der Waals surface area contributed by atoms with Crippen molar-refractivity contribution in [2.24, 2.45) is 0 Å². The van der Waals surface area contributed by atoms with Gasteiger partial charge in [0.1, 0.15) is 0 Å². The van der Waals surface area contributed by atoms with E-state index >= 15 is 0 Å². The van der Waals surface area contributed by atoms with Crippen LogP contribution in [0.25, 0.3) is 0 Å². The number of ether oxygens (including phenoxy) is 1. The van der Waals surface area contributed by atoms with Gasteiger partial charge in [0.2, 0.25) is 0 Å². The minimum absolute atomic E-state index is 0.200. The van der Waals surface area contributed by atoms with Crippen LogP contribution in [0, 0.1) is 12.7 Å². The van der Waals surface area contributed by atoms with E-state index in [0.717, 1.165) is 16.9 Å². The maximum absolute atomic E-state index is 13.3. The van der Waals surface area contributed by atoms with E-state index in [2.05, 4.69) is 5.32 Å². The molecule has 0 atom stereocenters. The van der Waals surface area contributed by atoms with E-state index in [0.29, 0.717) is 5.69 Å². The molecule has 0 aliphatic heterocycles. The van der Waals surface area contributed by atoms with Crippen LogP contribution in [-0.4, -0.2) is 7.11 Å². The highest BCUT2D eigenvalue weighted by atomic mass is 19.1. The molecular formula is C14H15FN2O. The molecule has 4 heteroatoms. The summed E-state index contributed by atoms with van der Waals surface area (Å²) in [5.41, 5.74) is 9.16. The van der Waals surface area contributed by atoms with Crippen LogP contribution in [0.3, 0.4) is 0 Å². The number of nitrogens with one attached hydrogen (secondary N) is 1. The van der Waals surface area contributed by atoms with Crippen LogP contribution >= 0.6 is 0 Å². The molecule has 3 nitrogen and oxygen atoms in total. The van der Waals surface area contributed by atoms with Gasteiger partial charge >= 0.3 is 0 Å². The fourth-order valence-electron chi connectivity index (χ4n) is 1.68. The first-order chi connectivity index (χ1) is 8.61. The van der Waals surface area contributed by atoms with Gasteiger partial charge in [0.05, 0.1) is 18.5 Å². The first kappa shape index (κ1) is 12.2. The lowest BCUT2D eigenvalue weighted by atomic mass is 10.1. The molecule has 0 radical (unpaired) electrons. The van der Waals surface area contributed by atoms with Crippen molar-refractivity contribution >= 4 is 17.1 Å². The SMILES string of the molecule is COc1cc(Nc2cccc(C)c2N)ccc1F. The van der Waals surface area contributed by atoms with Crippen molar-refractivity contribution in [3.63, 3.8) is 0 Å². The van der Waals surface area contributed by atoms with Crippen molar-refractivity contribution in [2.75, 3.05) is 18.2 Å². The van der Waals surface area contributed by atoms with Gasteiger partial charge in [-0.05, 0) is 30.7 Å². The third-order valence-electron chi connectivity index (χ3n) is 2.75. The largest absolute Gasteiger partial charge is 0.494 e. The lowest BCUT2D eigenvalue weighted by Gasteiger charge is -2.12. The average Bonchev–Trinajstić information content (AvgIpc) is 2.37. The quantitative estimate of drug-likeness (QED) is 0.815. The molecule has 94 valence electrons. The highest BCUT2D eigenvalue weighted by molar-refractivity contribution is 5.75. The number of anilines is 3. The molecule has 0 spiro atoms. The molecule has 2 rings (SSSR count). The number of hydrogen-bond acceptors (Lipinski definition) is 3. The number of methoxy groups -OCH3 is 1. The van der Waals surface area contributed by atoms with Gasteiger partial charge in [0, 0.05) is 11.8 Å². The Morgan fingerprint density at radius 1 is 1.22 bits per heavy atom. The number of nitrogens with two attached hydrogens (primary N) is 1. The molecular weight excluding hydrogens is 231 g/mol. The van der Waals surface area contributed by atoms with E-state index in [1.165, 1.54) is 13.2 Å². The molecule has 0 aliphatic carbocycles. The van der Waals surface area contributed by atoms with Crippen LogP contribution < -0.4 is 15.8 Å². The third kappa shape index (κ3) is 2.37. The monoisotopic (exact) mass is 246 g/mol. The summed E-state index contributed by atoms with van der Waals surface area (Å²) in [5, 5.41) is 3.14.